The van der Waals surface area contributed by atoms with Crippen LogP contribution < -0.4 is 9.44 Å². The Bertz CT molecular complexity index is 1330. The van der Waals surface area contributed by atoms with E-state index in [1.54, 1.807) is 24.3 Å². The van der Waals surface area contributed by atoms with Gasteiger partial charge in [-0.25, -0.2) is 21.6 Å². The molecule has 0 spiro atoms. The van der Waals surface area contributed by atoms with Crippen molar-refractivity contribution in [3.63, 3.8) is 0 Å². The maximum absolute atomic E-state index is 13.0. The van der Waals surface area contributed by atoms with Crippen molar-refractivity contribution in [1.29, 1.82) is 0 Å². The molecule has 1 aromatic heterocycles. The number of aromatic nitrogens is 4. The molecule has 1 aliphatic carbocycles. The Labute approximate surface area is 199 Å². The van der Waals surface area contributed by atoms with Crippen molar-refractivity contribution in [2.45, 2.75) is 55.4 Å². The average Bonchev–Trinajstić information content (AvgIpc) is 3.33. The second-order valence-corrected chi connectivity index (χ2v) is 11.7. The molecule has 12 heteroatoms. The third-order valence-electron chi connectivity index (χ3n) is 5.88. The van der Waals surface area contributed by atoms with Crippen molar-refractivity contribution in [2.24, 2.45) is 5.92 Å². The fraction of sp³-hybridized carbons (Fsp3) is 0.409. The van der Waals surface area contributed by atoms with Crippen LogP contribution >= 0.6 is 0 Å². The van der Waals surface area contributed by atoms with Gasteiger partial charge in [0.1, 0.15) is 0 Å². The average molecular weight is 505 g/mol. The number of anilines is 1. The molecule has 1 saturated carbocycles. The SMILES string of the molecule is CCn1nnc(-c2ccccc2NS(=O)(=O)c2ccc(S(=O)(=O)NCC3CCCCC3)cc2)n1. The molecule has 0 atom stereocenters. The van der Waals surface area contributed by atoms with Gasteiger partial charge in [-0.1, -0.05) is 31.4 Å². The molecular weight excluding hydrogens is 476 g/mol. The molecule has 1 heterocycles. The van der Waals surface area contributed by atoms with Crippen LogP contribution in [0.3, 0.4) is 0 Å². The van der Waals surface area contributed by atoms with Gasteiger partial charge in [-0.05, 0) is 67.3 Å². The number of sulfonamides is 2. The normalized spacial score (nSPS) is 15.3. The predicted octanol–water partition coefficient (Wildman–Crippen LogP) is 3.02. The summed E-state index contributed by atoms with van der Waals surface area (Å²) in [5.74, 6) is 0.645. The number of rotatable bonds is 9. The third-order valence-corrected chi connectivity index (χ3v) is 8.70. The first-order valence-corrected chi connectivity index (χ1v) is 14.2. The fourth-order valence-corrected chi connectivity index (χ4v) is 6.15. The standard InChI is InChI=1S/C22H28N6O4S2/c1-2-28-25-22(24-27-28)20-10-6-7-11-21(20)26-34(31,32)19-14-12-18(13-15-19)33(29,30)23-16-17-8-4-3-5-9-17/h6-7,10-15,17,23,26H,2-5,8-9,16H2,1H3. The Balaban J connectivity index is 1.49. The molecule has 2 aromatic carbocycles. The molecule has 34 heavy (non-hydrogen) atoms. The molecule has 0 radical (unpaired) electrons. The van der Waals surface area contributed by atoms with Crippen LogP contribution in [0.1, 0.15) is 39.0 Å². The monoisotopic (exact) mass is 504 g/mol. The minimum Gasteiger partial charge on any atom is -0.279 e. The Morgan fingerprint density at radius 1 is 0.912 bits per heavy atom. The molecule has 10 nitrogen and oxygen atoms in total. The highest BCUT2D eigenvalue weighted by Gasteiger charge is 2.22. The lowest BCUT2D eigenvalue weighted by Gasteiger charge is -2.21. The number of para-hydroxylation sites is 1. The maximum Gasteiger partial charge on any atom is 0.261 e. The first-order chi connectivity index (χ1) is 16.3. The summed E-state index contributed by atoms with van der Waals surface area (Å²) in [4.78, 5) is 1.38. The Morgan fingerprint density at radius 2 is 1.56 bits per heavy atom. The number of tetrazole rings is 1. The second-order valence-electron chi connectivity index (χ2n) is 8.28. The van der Waals surface area contributed by atoms with E-state index in [1.165, 1.54) is 35.5 Å². The van der Waals surface area contributed by atoms with Crippen molar-refractivity contribution < 1.29 is 16.8 Å². The summed E-state index contributed by atoms with van der Waals surface area (Å²) in [6, 6.07) is 11.9. The third kappa shape index (κ3) is 5.62. The zero-order valence-electron chi connectivity index (χ0n) is 18.9. The van der Waals surface area contributed by atoms with Gasteiger partial charge in [-0.15, -0.1) is 10.2 Å². The molecule has 3 aromatic rings. The van der Waals surface area contributed by atoms with E-state index in [1.807, 2.05) is 6.92 Å². The minimum atomic E-state index is -3.98. The van der Waals surface area contributed by atoms with Crippen LogP contribution in [-0.4, -0.2) is 43.6 Å². The highest BCUT2D eigenvalue weighted by molar-refractivity contribution is 7.92. The van der Waals surface area contributed by atoms with Crippen molar-refractivity contribution in [2.75, 3.05) is 11.3 Å². The summed E-state index contributed by atoms with van der Waals surface area (Å²) in [6.45, 7) is 2.80. The van der Waals surface area contributed by atoms with Crippen molar-refractivity contribution in [3.05, 3.63) is 48.5 Å². The van der Waals surface area contributed by atoms with Gasteiger partial charge in [0.05, 0.1) is 22.0 Å². The Hall–Kier alpha value is -2.83. The summed E-state index contributed by atoms with van der Waals surface area (Å²) >= 11 is 0. The molecule has 0 unspecified atom stereocenters. The fourth-order valence-electron chi connectivity index (χ4n) is 3.96. The molecular formula is C22H28N6O4S2. The topological polar surface area (TPSA) is 136 Å². The molecule has 1 fully saturated rings. The number of benzene rings is 2. The second kappa shape index (κ2) is 10.2. The van der Waals surface area contributed by atoms with Crippen LogP contribution in [-0.2, 0) is 26.6 Å². The molecule has 0 bridgehead atoms. The minimum absolute atomic E-state index is 0.0306. The summed E-state index contributed by atoms with van der Waals surface area (Å²) in [5, 5.41) is 12.1. The van der Waals surface area contributed by atoms with Gasteiger partial charge in [0.15, 0.2) is 0 Å². The van der Waals surface area contributed by atoms with E-state index < -0.39 is 20.0 Å². The summed E-state index contributed by atoms with van der Waals surface area (Å²) in [7, 11) is -7.70. The van der Waals surface area contributed by atoms with Crippen LogP contribution in [0.15, 0.2) is 58.3 Å². The summed E-state index contributed by atoms with van der Waals surface area (Å²) in [5.41, 5.74) is 0.779. The lowest BCUT2D eigenvalue weighted by atomic mass is 9.90. The largest absolute Gasteiger partial charge is 0.279 e. The van der Waals surface area contributed by atoms with Crippen LogP contribution in [0.4, 0.5) is 5.69 Å². The first kappa shape index (κ1) is 24.3. The predicted molar refractivity (Wildman–Crippen MR) is 128 cm³/mol. The molecule has 182 valence electrons. The van der Waals surface area contributed by atoms with Gasteiger partial charge in [0, 0.05) is 12.1 Å². The number of aryl methyl sites for hydroxylation is 1. The number of hydrogen-bond donors (Lipinski definition) is 2. The van der Waals surface area contributed by atoms with Gasteiger partial charge in [0.25, 0.3) is 10.0 Å². The number of nitrogens with zero attached hydrogens (tertiary/aromatic N) is 4. The van der Waals surface area contributed by atoms with E-state index in [0.29, 0.717) is 36.1 Å². The van der Waals surface area contributed by atoms with Crippen molar-refractivity contribution in [1.82, 2.24) is 24.9 Å². The summed E-state index contributed by atoms with van der Waals surface area (Å²) in [6.07, 6.45) is 5.51. The molecule has 0 aliphatic heterocycles. The smallest absolute Gasteiger partial charge is 0.261 e. The van der Waals surface area contributed by atoms with Crippen LogP contribution in [0, 0.1) is 5.92 Å². The van der Waals surface area contributed by atoms with Gasteiger partial charge in [-0.2, -0.15) is 4.80 Å². The zero-order valence-corrected chi connectivity index (χ0v) is 20.5. The quantitative estimate of drug-likeness (QED) is 0.457. The van der Waals surface area contributed by atoms with Gasteiger partial charge >= 0.3 is 0 Å². The van der Waals surface area contributed by atoms with Crippen molar-refractivity contribution >= 4 is 25.7 Å². The molecule has 4 rings (SSSR count). The van der Waals surface area contributed by atoms with E-state index in [0.717, 1.165) is 25.7 Å². The van der Waals surface area contributed by atoms with E-state index in [4.69, 9.17) is 0 Å². The van der Waals surface area contributed by atoms with Crippen LogP contribution in [0.2, 0.25) is 0 Å². The van der Waals surface area contributed by atoms with Crippen molar-refractivity contribution in [3.8, 4) is 11.4 Å². The van der Waals surface area contributed by atoms with E-state index in [-0.39, 0.29) is 9.79 Å². The lowest BCUT2D eigenvalue weighted by molar-refractivity contribution is 0.357. The van der Waals surface area contributed by atoms with E-state index >= 15 is 0 Å². The Morgan fingerprint density at radius 3 is 2.21 bits per heavy atom. The number of hydrogen-bond acceptors (Lipinski definition) is 7. The lowest BCUT2D eigenvalue weighted by Crippen LogP contribution is -2.30. The van der Waals surface area contributed by atoms with Gasteiger partial charge in [-0.3, -0.25) is 4.72 Å². The first-order valence-electron chi connectivity index (χ1n) is 11.3. The van der Waals surface area contributed by atoms with Crippen LogP contribution in [0.25, 0.3) is 11.4 Å². The number of nitrogens with one attached hydrogen (secondary N) is 2. The van der Waals surface area contributed by atoms with Gasteiger partial charge in [0.2, 0.25) is 15.8 Å². The molecule has 2 N–H and O–H groups in total. The highest BCUT2D eigenvalue weighted by Crippen LogP contribution is 2.27. The molecule has 1 aliphatic rings. The van der Waals surface area contributed by atoms with E-state index in [9.17, 15) is 16.8 Å². The molecule has 0 saturated heterocycles. The highest BCUT2D eigenvalue weighted by atomic mass is 32.2. The summed E-state index contributed by atoms with van der Waals surface area (Å²) < 4.78 is 56.5. The van der Waals surface area contributed by atoms with Crippen LogP contribution in [0.5, 0.6) is 0 Å². The molecule has 0 amide bonds. The Kier molecular flexibility index (Phi) is 7.29. The zero-order chi connectivity index (χ0) is 24.2. The maximum atomic E-state index is 13.0. The van der Waals surface area contributed by atoms with Gasteiger partial charge < -0.3 is 0 Å². The van der Waals surface area contributed by atoms with E-state index in [2.05, 4.69) is 24.9 Å².